The molecule has 0 spiro atoms. The van der Waals surface area contributed by atoms with Crippen LogP contribution in [0.3, 0.4) is 0 Å². The lowest BCUT2D eigenvalue weighted by Crippen LogP contribution is -2.37. The van der Waals surface area contributed by atoms with Gasteiger partial charge in [-0.15, -0.1) is 0 Å². The van der Waals surface area contributed by atoms with Crippen LogP contribution in [0.1, 0.15) is 31.4 Å². The summed E-state index contributed by atoms with van der Waals surface area (Å²) < 4.78 is 5.00. The number of carbonyl (C=O) groups is 1. The molecule has 0 saturated carbocycles. The molecule has 0 aliphatic rings. The second kappa shape index (κ2) is 7.07. The molecular weight excluding hydrogens is 214 g/mol. The average molecular weight is 235 g/mol. The molecule has 0 aliphatic heterocycles. The highest BCUT2D eigenvalue weighted by molar-refractivity contribution is 5.75. The van der Waals surface area contributed by atoms with Crippen molar-refractivity contribution < 1.29 is 9.53 Å². The van der Waals surface area contributed by atoms with Crippen molar-refractivity contribution in [2.24, 2.45) is 0 Å². The van der Waals surface area contributed by atoms with Gasteiger partial charge in [0.05, 0.1) is 6.61 Å². The number of ether oxygens (including phenoxy) is 1. The Bertz CT molecular complexity index is 346. The second-order valence-corrected chi connectivity index (χ2v) is 4.08. The van der Waals surface area contributed by atoms with E-state index in [-0.39, 0.29) is 12.0 Å². The first-order valence-corrected chi connectivity index (χ1v) is 6.13. The third-order valence-corrected chi connectivity index (χ3v) is 2.65. The summed E-state index contributed by atoms with van der Waals surface area (Å²) in [6.07, 6.45) is 0.741. The molecule has 0 amide bonds. The molecule has 1 atom stereocenters. The van der Waals surface area contributed by atoms with Crippen molar-refractivity contribution in [3.63, 3.8) is 0 Å². The summed E-state index contributed by atoms with van der Waals surface area (Å²) in [6.45, 7) is 6.98. The van der Waals surface area contributed by atoms with Crippen LogP contribution in [0, 0.1) is 6.92 Å². The van der Waals surface area contributed by atoms with E-state index in [1.807, 2.05) is 13.8 Å². The maximum Gasteiger partial charge on any atom is 0.323 e. The zero-order valence-corrected chi connectivity index (χ0v) is 10.8. The molecular formula is C14H21NO2. The molecule has 0 saturated heterocycles. The van der Waals surface area contributed by atoms with Gasteiger partial charge >= 0.3 is 5.97 Å². The topological polar surface area (TPSA) is 38.3 Å². The first-order chi connectivity index (χ1) is 8.17. The van der Waals surface area contributed by atoms with Gasteiger partial charge in [0.2, 0.25) is 0 Å². The van der Waals surface area contributed by atoms with Crippen LogP contribution >= 0.6 is 0 Å². The Morgan fingerprint density at radius 1 is 1.29 bits per heavy atom. The van der Waals surface area contributed by atoms with Crippen molar-refractivity contribution in [1.29, 1.82) is 0 Å². The monoisotopic (exact) mass is 235 g/mol. The SMILES string of the molecule is CCOC(=O)C(CC)NCc1ccc(C)cc1. The second-order valence-electron chi connectivity index (χ2n) is 4.08. The molecule has 3 heteroatoms. The van der Waals surface area contributed by atoms with E-state index in [0.717, 1.165) is 6.42 Å². The van der Waals surface area contributed by atoms with E-state index in [4.69, 9.17) is 4.74 Å². The molecule has 1 unspecified atom stereocenters. The fourth-order valence-electron chi connectivity index (χ4n) is 1.58. The van der Waals surface area contributed by atoms with Gasteiger partial charge in [0.25, 0.3) is 0 Å². The number of benzene rings is 1. The highest BCUT2D eigenvalue weighted by Crippen LogP contribution is 2.04. The maximum absolute atomic E-state index is 11.6. The summed E-state index contributed by atoms with van der Waals surface area (Å²) in [5, 5.41) is 3.22. The van der Waals surface area contributed by atoms with Crippen molar-refractivity contribution in [3.8, 4) is 0 Å². The van der Waals surface area contributed by atoms with E-state index >= 15 is 0 Å². The molecule has 0 bridgehead atoms. The molecule has 0 radical (unpaired) electrons. The molecule has 17 heavy (non-hydrogen) atoms. The highest BCUT2D eigenvalue weighted by atomic mass is 16.5. The Kier molecular flexibility index (Phi) is 5.70. The van der Waals surface area contributed by atoms with E-state index in [0.29, 0.717) is 13.2 Å². The Morgan fingerprint density at radius 3 is 2.47 bits per heavy atom. The van der Waals surface area contributed by atoms with Gasteiger partial charge in [-0.2, -0.15) is 0 Å². The largest absolute Gasteiger partial charge is 0.465 e. The number of carbonyl (C=O) groups excluding carboxylic acids is 1. The van der Waals surface area contributed by atoms with Crippen LogP contribution < -0.4 is 5.32 Å². The van der Waals surface area contributed by atoms with Gasteiger partial charge in [0.1, 0.15) is 6.04 Å². The van der Waals surface area contributed by atoms with E-state index in [1.165, 1.54) is 11.1 Å². The Hall–Kier alpha value is -1.35. The predicted octanol–water partition coefficient (Wildman–Crippen LogP) is 2.43. The Balaban J connectivity index is 2.47. The van der Waals surface area contributed by atoms with Gasteiger partial charge in [0, 0.05) is 6.54 Å². The molecule has 1 rings (SSSR count). The van der Waals surface area contributed by atoms with Crippen molar-refractivity contribution in [1.82, 2.24) is 5.32 Å². The van der Waals surface area contributed by atoms with Crippen LogP contribution in [0.25, 0.3) is 0 Å². The summed E-state index contributed by atoms with van der Waals surface area (Å²) in [4.78, 5) is 11.6. The summed E-state index contributed by atoms with van der Waals surface area (Å²) in [6, 6.07) is 8.07. The lowest BCUT2D eigenvalue weighted by Gasteiger charge is -2.15. The van der Waals surface area contributed by atoms with E-state index in [1.54, 1.807) is 0 Å². The minimum absolute atomic E-state index is 0.165. The van der Waals surface area contributed by atoms with Gasteiger partial charge in [-0.25, -0.2) is 0 Å². The molecule has 3 nitrogen and oxygen atoms in total. The molecule has 1 N–H and O–H groups in total. The van der Waals surface area contributed by atoms with Crippen molar-refractivity contribution in [2.75, 3.05) is 6.61 Å². The fourth-order valence-corrected chi connectivity index (χ4v) is 1.58. The summed E-state index contributed by atoms with van der Waals surface area (Å²) in [7, 11) is 0. The predicted molar refractivity (Wildman–Crippen MR) is 68.7 cm³/mol. The van der Waals surface area contributed by atoms with E-state index in [9.17, 15) is 4.79 Å². The average Bonchev–Trinajstić information content (AvgIpc) is 2.32. The molecule has 1 aromatic carbocycles. The minimum Gasteiger partial charge on any atom is -0.465 e. The zero-order chi connectivity index (χ0) is 12.7. The van der Waals surface area contributed by atoms with Crippen LogP contribution in [-0.2, 0) is 16.1 Å². The zero-order valence-electron chi connectivity index (χ0n) is 10.8. The number of aryl methyl sites for hydroxylation is 1. The van der Waals surface area contributed by atoms with Gasteiger partial charge < -0.3 is 10.1 Å². The van der Waals surface area contributed by atoms with Crippen molar-refractivity contribution >= 4 is 5.97 Å². The van der Waals surface area contributed by atoms with Gasteiger partial charge in [0.15, 0.2) is 0 Å². The number of hydrogen-bond acceptors (Lipinski definition) is 3. The standard InChI is InChI=1S/C14H21NO2/c1-4-13(14(16)17-5-2)15-10-12-8-6-11(3)7-9-12/h6-9,13,15H,4-5,10H2,1-3H3. The Labute approximate surface area is 103 Å². The minimum atomic E-state index is -0.212. The van der Waals surface area contributed by atoms with E-state index in [2.05, 4.69) is 36.5 Å². The summed E-state index contributed by atoms with van der Waals surface area (Å²) >= 11 is 0. The van der Waals surface area contributed by atoms with Crippen LogP contribution in [-0.4, -0.2) is 18.6 Å². The lowest BCUT2D eigenvalue weighted by atomic mass is 10.1. The number of rotatable bonds is 6. The molecule has 0 aromatic heterocycles. The van der Waals surface area contributed by atoms with E-state index < -0.39 is 0 Å². The molecule has 0 heterocycles. The van der Waals surface area contributed by atoms with Gasteiger partial charge in [-0.05, 0) is 25.8 Å². The third kappa shape index (κ3) is 4.57. The summed E-state index contributed by atoms with van der Waals surface area (Å²) in [5.74, 6) is -0.165. The van der Waals surface area contributed by atoms with Crippen LogP contribution in [0.2, 0.25) is 0 Å². The maximum atomic E-state index is 11.6. The van der Waals surface area contributed by atoms with Crippen LogP contribution in [0.5, 0.6) is 0 Å². The molecule has 1 aromatic rings. The smallest absolute Gasteiger partial charge is 0.323 e. The molecule has 0 fully saturated rings. The van der Waals surface area contributed by atoms with Crippen LogP contribution in [0.4, 0.5) is 0 Å². The van der Waals surface area contributed by atoms with Crippen molar-refractivity contribution in [3.05, 3.63) is 35.4 Å². The van der Waals surface area contributed by atoms with Gasteiger partial charge in [-0.1, -0.05) is 36.8 Å². The quantitative estimate of drug-likeness (QED) is 0.770. The number of hydrogen-bond donors (Lipinski definition) is 1. The lowest BCUT2D eigenvalue weighted by molar-refractivity contribution is -0.145. The first kappa shape index (κ1) is 13.7. The molecule has 0 aliphatic carbocycles. The number of esters is 1. The number of nitrogens with one attached hydrogen (secondary N) is 1. The first-order valence-electron chi connectivity index (χ1n) is 6.13. The van der Waals surface area contributed by atoms with Crippen LogP contribution in [0.15, 0.2) is 24.3 Å². The van der Waals surface area contributed by atoms with Crippen molar-refractivity contribution in [2.45, 2.75) is 39.8 Å². The highest BCUT2D eigenvalue weighted by Gasteiger charge is 2.16. The fraction of sp³-hybridized carbons (Fsp3) is 0.500. The Morgan fingerprint density at radius 2 is 1.94 bits per heavy atom. The third-order valence-electron chi connectivity index (χ3n) is 2.65. The molecule has 94 valence electrons. The normalized spacial score (nSPS) is 12.2. The van der Waals surface area contributed by atoms with Gasteiger partial charge in [-0.3, -0.25) is 4.79 Å². The summed E-state index contributed by atoms with van der Waals surface area (Å²) in [5.41, 5.74) is 2.42.